The highest BCUT2D eigenvalue weighted by Gasteiger charge is 2.27. The van der Waals surface area contributed by atoms with Gasteiger partial charge in [0.1, 0.15) is 0 Å². The van der Waals surface area contributed by atoms with Crippen molar-refractivity contribution in [2.45, 2.75) is 46.3 Å². The highest BCUT2D eigenvalue weighted by atomic mass is 16.5. The van der Waals surface area contributed by atoms with Gasteiger partial charge in [-0.05, 0) is 18.9 Å². The first-order chi connectivity index (χ1) is 7.47. The number of likely N-dealkylation sites (N-methyl/N-ethyl adjacent to an activating group) is 1. The van der Waals surface area contributed by atoms with Crippen molar-refractivity contribution in [1.29, 1.82) is 0 Å². The van der Waals surface area contributed by atoms with E-state index in [-0.39, 0.29) is 0 Å². The van der Waals surface area contributed by atoms with Crippen molar-refractivity contribution >= 4 is 0 Å². The minimum atomic E-state index is 0.314. The molecular formula is C13H28N2O. The smallest absolute Gasteiger partial charge is 0.0700 e. The minimum absolute atomic E-state index is 0.314. The second-order valence-corrected chi connectivity index (χ2v) is 5.87. The van der Waals surface area contributed by atoms with Crippen molar-refractivity contribution in [3.63, 3.8) is 0 Å². The molecule has 3 nitrogen and oxygen atoms in total. The summed E-state index contributed by atoms with van der Waals surface area (Å²) in [5.74, 6) is 0. The largest absolute Gasteiger partial charge is 0.376 e. The van der Waals surface area contributed by atoms with E-state index in [1.54, 1.807) is 0 Å². The van der Waals surface area contributed by atoms with Crippen LogP contribution in [-0.2, 0) is 4.74 Å². The second-order valence-electron chi connectivity index (χ2n) is 5.87. The fourth-order valence-electron chi connectivity index (χ4n) is 2.25. The lowest BCUT2D eigenvalue weighted by Crippen LogP contribution is -2.51. The Morgan fingerprint density at radius 3 is 2.62 bits per heavy atom. The monoisotopic (exact) mass is 228 g/mol. The first kappa shape index (κ1) is 13.9. The Morgan fingerprint density at radius 2 is 2.12 bits per heavy atom. The molecule has 1 N–H and O–H groups in total. The molecule has 1 heterocycles. The molecule has 1 aliphatic heterocycles. The summed E-state index contributed by atoms with van der Waals surface area (Å²) in [4.78, 5) is 2.53. The van der Waals surface area contributed by atoms with Gasteiger partial charge in [0.05, 0.1) is 12.7 Å². The van der Waals surface area contributed by atoms with Gasteiger partial charge >= 0.3 is 0 Å². The van der Waals surface area contributed by atoms with E-state index in [2.05, 4.69) is 45.0 Å². The third-order valence-corrected chi connectivity index (χ3v) is 3.51. The predicted molar refractivity (Wildman–Crippen MR) is 68.8 cm³/mol. The molecule has 96 valence electrons. The lowest BCUT2D eigenvalue weighted by molar-refractivity contribution is -0.0355. The van der Waals surface area contributed by atoms with Gasteiger partial charge < -0.3 is 10.1 Å². The van der Waals surface area contributed by atoms with Crippen molar-refractivity contribution in [3.8, 4) is 0 Å². The van der Waals surface area contributed by atoms with Gasteiger partial charge in [-0.3, -0.25) is 4.90 Å². The molecule has 0 aromatic heterocycles. The molecule has 2 atom stereocenters. The topological polar surface area (TPSA) is 24.5 Å². The van der Waals surface area contributed by atoms with E-state index < -0.39 is 0 Å². The molecule has 0 aromatic rings. The quantitative estimate of drug-likeness (QED) is 0.793. The molecule has 1 rings (SSSR count). The van der Waals surface area contributed by atoms with Gasteiger partial charge in [-0.15, -0.1) is 0 Å². The van der Waals surface area contributed by atoms with Crippen LogP contribution < -0.4 is 5.32 Å². The first-order valence-corrected chi connectivity index (χ1v) is 6.48. The fourth-order valence-corrected chi connectivity index (χ4v) is 2.25. The van der Waals surface area contributed by atoms with E-state index in [4.69, 9.17) is 4.74 Å². The lowest BCUT2D eigenvalue weighted by Gasteiger charge is -2.38. The molecule has 2 unspecified atom stereocenters. The second kappa shape index (κ2) is 5.99. The third kappa shape index (κ3) is 4.04. The molecule has 1 aliphatic rings. The molecule has 3 heteroatoms. The Morgan fingerprint density at radius 1 is 1.44 bits per heavy atom. The third-order valence-electron chi connectivity index (χ3n) is 3.51. The van der Waals surface area contributed by atoms with Crippen LogP contribution in [-0.4, -0.2) is 50.3 Å². The average Bonchev–Trinajstić information content (AvgIpc) is 2.24. The molecule has 1 fully saturated rings. The van der Waals surface area contributed by atoms with Crippen LogP contribution in [0.4, 0.5) is 0 Å². The fraction of sp³-hybridized carbons (Fsp3) is 1.00. The van der Waals surface area contributed by atoms with Crippen molar-refractivity contribution in [2.75, 3.05) is 33.3 Å². The van der Waals surface area contributed by atoms with Gasteiger partial charge in [0.25, 0.3) is 0 Å². The number of hydrogen-bond donors (Lipinski definition) is 1. The zero-order valence-electron chi connectivity index (χ0n) is 11.5. The molecule has 0 radical (unpaired) electrons. The van der Waals surface area contributed by atoms with Crippen LogP contribution in [0, 0.1) is 5.41 Å². The Labute approximate surface area is 101 Å². The average molecular weight is 228 g/mol. The van der Waals surface area contributed by atoms with E-state index in [1.165, 1.54) is 0 Å². The molecule has 0 aromatic carbocycles. The van der Waals surface area contributed by atoms with E-state index in [0.717, 1.165) is 32.7 Å². The van der Waals surface area contributed by atoms with Crippen LogP contribution >= 0.6 is 0 Å². The van der Waals surface area contributed by atoms with Gasteiger partial charge in [-0.1, -0.05) is 27.7 Å². The molecule has 0 bridgehead atoms. The summed E-state index contributed by atoms with van der Waals surface area (Å²) < 4.78 is 5.70. The van der Waals surface area contributed by atoms with Gasteiger partial charge in [0, 0.05) is 25.7 Å². The minimum Gasteiger partial charge on any atom is -0.376 e. The van der Waals surface area contributed by atoms with Gasteiger partial charge in [-0.25, -0.2) is 0 Å². The maximum Gasteiger partial charge on any atom is 0.0700 e. The van der Waals surface area contributed by atoms with Crippen molar-refractivity contribution in [2.24, 2.45) is 5.41 Å². The first-order valence-electron chi connectivity index (χ1n) is 6.48. The summed E-state index contributed by atoms with van der Waals surface area (Å²) >= 11 is 0. The van der Waals surface area contributed by atoms with Gasteiger partial charge in [0.15, 0.2) is 0 Å². The zero-order valence-corrected chi connectivity index (χ0v) is 11.5. The summed E-state index contributed by atoms with van der Waals surface area (Å²) in [6.45, 7) is 13.3. The molecular weight excluding hydrogens is 200 g/mol. The van der Waals surface area contributed by atoms with Crippen molar-refractivity contribution in [3.05, 3.63) is 0 Å². The van der Waals surface area contributed by atoms with Crippen molar-refractivity contribution < 1.29 is 4.74 Å². The van der Waals surface area contributed by atoms with E-state index in [1.807, 2.05) is 0 Å². The Bertz CT molecular complexity index is 201. The predicted octanol–water partition coefficient (Wildman–Crippen LogP) is 1.73. The van der Waals surface area contributed by atoms with Crippen LogP contribution in [0.3, 0.4) is 0 Å². The molecule has 16 heavy (non-hydrogen) atoms. The zero-order chi connectivity index (χ0) is 12.2. The summed E-state index contributed by atoms with van der Waals surface area (Å²) in [7, 11) is 2.06. The molecule has 1 saturated heterocycles. The normalized spacial score (nSPS) is 25.7. The van der Waals surface area contributed by atoms with E-state index in [0.29, 0.717) is 17.6 Å². The molecule has 0 amide bonds. The van der Waals surface area contributed by atoms with Crippen LogP contribution in [0.2, 0.25) is 0 Å². The SMILES string of the molecule is CCC1CN(CC(NC)C(C)(C)C)CCO1. The van der Waals surface area contributed by atoms with E-state index in [9.17, 15) is 0 Å². The Balaban J connectivity index is 2.45. The van der Waals surface area contributed by atoms with Crippen molar-refractivity contribution in [1.82, 2.24) is 10.2 Å². The molecule has 0 spiro atoms. The lowest BCUT2D eigenvalue weighted by atomic mass is 9.86. The van der Waals surface area contributed by atoms with Crippen LogP contribution in [0.5, 0.6) is 0 Å². The molecule has 0 saturated carbocycles. The Kier molecular flexibility index (Phi) is 5.22. The maximum atomic E-state index is 5.70. The van der Waals surface area contributed by atoms with Crippen LogP contribution in [0.25, 0.3) is 0 Å². The molecule has 0 aliphatic carbocycles. The maximum absolute atomic E-state index is 5.70. The number of morpholine rings is 1. The number of ether oxygens (including phenoxy) is 1. The standard InChI is InChI=1S/C13H28N2O/c1-6-11-9-15(7-8-16-11)10-12(14-5)13(2,3)4/h11-12,14H,6-10H2,1-5H3. The summed E-state index contributed by atoms with van der Waals surface area (Å²) in [6, 6.07) is 0.545. The number of nitrogens with zero attached hydrogens (tertiary/aromatic N) is 1. The van der Waals surface area contributed by atoms with Crippen LogP contribution in [0.15, 0.2) is 0 Å². The number of hydrogen-bond acceptors (Lipinski definition) is 3. The van der Waals surface area contributed by atoms with Gasteiger partial charge in [0.2, 0.25) is 0 Å². The summed E-state index contributed by atoms with van der Waals surface area (Å²) in [5.41, 5.74) is 0.314. The summed E-state index contributed by atoms with van der Waals surface area (Å²) in [6.07, 6.45) is 1.56. The van der Waals surface area contributed by atoms with Gasteiger partial charge in [-0.2, -0.15) is 0 Å². The van der Waals surface area contributed by atoms with Crippen LogP contribution in [0.1, 0.15) is 34.1 Å². The Hall–Kier alpha value is -0.120. The highest BCUT2D eigenvalue weighted by Crippen LogP contribution is 2.20. The number of rotatable bonds is 4. The summed E-state index contributed by atoms with van der Waals surface area (Å²) in [5, 5.41) is 3.44. The van der Waals surface area contributed by atoms with E-state index >= 15 is 0 Å². The highest BCUT2D eigenvalue weighted by molar-refractivity contribution is 4.84. The number of nitrogens with one attached hydrogen (secondary N) is 1.